The Labute approximate surface area is 223 Å². The largest absolute Gasteiger partial charge is 0.497 e. The Balaban J connectivity index is 1.54. The second kappa shape index (κ2) is 8.90. The van der Waals surface area contributed by atoms with E-state index < -0.39 is 11.5 Å². The number of benzene rings is 1. The highest BCUT2D eigenvalue weighted by molar-refractivity contribution is 7.80. The number of nitrogens with zero attached hydrogens (tertiary/aromatic N) is 2. The normalized spacial score (nSPS) is 36.7. The first-order chi connectivity index (χ1) is 17.8. The van der Waals surface area contributed by atoms with E-state index in [0.29, 0.717) is 23.9 Å². The fraction of sp³-hybridized carbons (Fsp3) is 0.533. The molecule has 0 aliphatic heterocycles. The van der Waals surface area contributed by atoms with E-state index in [9.17, 15) is 9.59 Å². The van der Waals surface area contributed by atoms with Crippen molar-refractivity contribution < 1.29 is 19.1 Å². The molecular weight excluding hydrogens is 484 g/mol. The first kappa shape index (κ1) is 24.5. The quantitative estimate of drug-likeness (QED) is 0.499. The summed E-state index contributed by atoms with van der Waals surface area (Å²) in [7, 11) is 1.67. The van der Waals surface area contributed by atoms with Crippen LogP contribution in [-0.2, 0) is 14.3 Å². The number of ketones is 2. The Morgan fingerprint density at radius 3 is 2.59 bits per heavy atom. The molecule has 2 aromatic rings. The molecule has 0 radical (unpaired) electrons. The van der Waals surface area contributed by atoms with Crippen molar-refractivity contribution in [1.29, 1.82) is 0 Å². The number of allylic oxidation sites excluding steroid dienone is 1. The van der Waals surface area contributed by atoms with E-state index in [4.69, 9.17) is 21.7 Å². The van der Waals surface area contributed by atoms with Gasteiger partial charge in [-0.3, -0.25) is 14.2 Å². The number of carbonyl (C=O) groups excluding carboxylic acids is 2. The van der Waals surface area contributed by atoms with Crippen molar-refractivity contribution in [2.24, 2.45) is 28.6 Å². The molecule has 0 N–H and O–H groups in total. The van der Waals surface area contributed by atoms with Crippen LogP contribution >= 0.6 is 12.2 Å². The fourth-order valence-corrected chi connectivity index (χ4v) is 8.61. The Bertz CT molecular complexity index is 1270. The van der Waals surface area contributed by atoms with Crippen molar-refractivity contribution in [2.75, 3.05) is 7.11 Å². The minimum atomic E-state index is -0.640. The maximum Gasteiger partial charge on any atom is 0.269 e. The third-order valence-electron chi connectivity index (χ3n) is 10.2. The molecule has 0 bridgehead atoms. The van der Waals surface area contributed by atoms with Crippen LogP contribution < -0.4 is 4.74 Å². The van der Waals surface area contributed by atoms with Crippen molar-refractivity contribution in [3.05, 3.63) is 60.2 Å². The van der Waals surface area contributed by atoms with E-state index in [1.54, 1.807) is 30.4 Å². The number of Topliss-reactive ketones (excluding diaryl/α,β-unsaturated/α-hetero) is 1. The summed E-state index contributed by atoms with van der Waals surface area (Å²) in [5.41, 5.74) is 1.63. The number of rotatable bonds is 3. The van der Waals surface area contributed by atoms with Crippen molar-refractivity contribution in [3.63, 3.8) is 0 Å². The molecule has 1 heterocycles. The van der Waals surface area contributed by atoms with Gasteiger partial charge in [-0.05, 0) is 91.8 Å². The molecular formula is C30H34N2O4S. The Kier molecular flexibility index (Phi) is 5.90. The van der Waals surface area contributed by atoms with Gasteiger partial charge < -0.3 is 9.47 Å². The highest BCUT2D eigenvalue weighted by atomic mass is 32.1. The minimum absolute atomic E-state index is 0.0671. The molecule has 3 fully saturated rings. The van der Waals surface area contributed by atoms with E-state index in [2.05, 4.69) is 31.0 Å². The number of aromatic nitrogens is 2. The van der Waals surface area contributed by atoms with E-state index in [-0.39, 0.29) is 34.7 Å². The maximum absolute atomic E-state index is 13.7. The van der Waals surface area contributed by atoms with Crippen LogP contribution in [0.2, 0.25) is 0 Å². The van der Waals surface area contributed by atoms with E-state index in [1.807, 2.05) is 18.2 Å². The summed E-state index contributed by atoms with van der Waals surface area (Å²) in [6.07, 6.45) is 11.4. The van der Waals surface area contributed by atoms with Gasteiger partial charge in [0.1, 0.15) is 24.0 Å². The number of ether oxygens (including phenoxy) is 2. The van der Waals surface area contributed by atoms with Gasteiger partial charge in [-0.1, -0.05) is 24.6 Å². The summed E-state index contributed by atoms with van der Waals surface area (Å²) in [5.74, 6) is 2.07. The Hall–Kier alpha value is -2.80. The second-order valence-corrected chi connectivity index (χ2v) is 12.1. The number of imidazole rings is 1. The number of carbonyl (C=O) groups is 2. The topological polar surface area (TPSA) is 70.4 Å². The molecule has 194 valence electrons. The van der Waals surface area contributed by atoms with Gasteiger partial charge in [-0.25, -0.2) is 4.98 Å². The summed E-state index contributed by atoms with van der Waals surface area (Å²) >= 11 is 5.76. The molecule has 7 heteroatoms. The predicted octanol–water partition coefficient (Wildman–Crippen LogP) is 5.51. The van der Waals surface area contributed by atoms with E-state index in [1.165, 1.54) is 5.57 Å². The summed E-state index contributed by atoms with van der Waals surface area (Å²) < 4.78 is 13.9. The molecule has 1 aromatic heterocycles. The molecule has 7 atom stereocenters. The van der Waals surface area contributed by atoms with Gasteiger partial charge in [-0.2, -0.15) is 0 Å². The highest BCUT2D eigenvalue weighted by Crippen LogP contribution is 2.68. The maximum atomic E-state index is 13.7. The van der Waals surface area contributed by atoms with Gasteiger partial charge in [0.2, 0.25) is 0 Å². The first-order valence-electron chi connectivity index (χ1n) is 13.4. The number of methoxy groups -OCH3 is 1. The molecule has 0 spiro atoms. The average molecular weight is 519 g/mol. The van der Waals surface area contributed by atoms with E-state index >= 15 is 0 Å². The molecule has 1 aromatic carbocycles. The second-order valence-electron chi connectivity index (χ2n) is 11.7. The fourth-order valence-electron chi connectivity index (χ4n) is 8.39. The zero-order valence-electron chi connectivity index (χ0n) is 21.7. The number of fused-ring (bicyclic) bond motifs is 5. The summed E-state index contributed by atoms with van der Waals surface area (Å²) in [6.45, 7) is 4.47. The zero-order chi connectivity index (χ0) is 25.9. The Morgan fingerprint density at radius 1 is 1.11 bits per heavy atom. The lowest BCUT2D eigenvalue weighted by atomic mass is 9.43. The van der Waals surface area contributed by atoms with Crippen LogP contribution in [0.4, 0.5) is 0 Å². The average Bonchev–Trinajstić information content (AvgIpc) is 3.54. The summed E-state index contributed by atoms with van der Waals surface area (Å²) in [4.78, 5) is 30.4. The highest BCUT2D eigenvalue weighted by Gasteiger charge is 2.67. The summed E-state index contributed by atoms with van der Waals surface area (Å²) in [6, 6.07) is 8.23. The van der Waals surface area contributed by atoms with Crippen LogP contribution in [0.25, 0.3) is 0 Å². The van der Waals surface area contributed by atoms with Gasteiger partial charge in [-0.15, -0.1) is 0 Å². The van der Waals surface area contributed by atoms with Crippen LogP contribution in [0.15, 0.2) is 54.6 Å². The van der Waals surface area contributed by atoms with Crippen molar-refractivity contribution in [2.45, 2.75) is 64.4 Å². The van der Waals surface area contributed by atoms with Crippen LogP contribution in [0.5, 0.6) is 5.75 Å². The molecule has 37 heavy (non-hydrogen) atoms. The lowest BCUT2D eigenvalue weighted by molar-refractivity contribution is -0.154. The lowest BCUT2D eigenvalue weighted by Crippen LogP contribution is -2.61. The number of thiocarbonyl (C=S) groups is 1. The molecule has 6 rings (SSSR count). The van der Waals surface area contributed by atoms with E-state index in [0.717, 1.165) is 37.0 Å². The Morgan fingerprint density at radius 2 is 1.89 bits per heavy atom. The van der Waals surface area contributed by atoms with Crippen LogP contribution in [-0.4, -0.2) is 39.5 Å². The molecule has 6 nitrogen and oxygen atoms in total. The third-order valence-corrected chi connectivity index (χ3v) is 10.5. The molecule has 0 amide bonds. The molecule has 0 unspecified atom stereocenters. The number of hydrogen-bond acceptors (Lipinski definition) is 6. The van der Waals surface area contributed by atoms with Crippen molar-refractivity contribution >= 4 is 29.0 Å². The van der Waals surface area contributed by atoms with Crippen LogP contribution in [0.3, 0.4) is 0 Å². The predicted molar refractivity (Wildman–Crippen MR) is 143 cm³/mol. The lowest BCUT2D eigenvalue weighted by Gasteiger charge is -2.62. The van der Waals surface area contributed by atoms with Gasteiger partial charge >= 0.3 is 0 Å². The summed E-state index contributed by atoms with van der Waals surface area (Å²) in [5, 5.41) is 0.315. The van der Waals surface area contributed by atoms with Crippen LogP contribution in [0.1, 0.15) is 63.9 Å². The smallest absolute Gasteiger partial charge is 0.269 e. The monoisotopic (exact) mass is 518 g/mol. The van der Waals surface area contributed by atoms with Gasteiger partial charge in [0, 0.05) is 31.2 Å². The zero-order valence-corrected chi connectivity index (χ0v) is 22.5. The standard InChI is InChI=1S/C30H34N2O4S/c1-29-13-12-20(33)16-19(29)6-9-22-23-10-11-24(34)30(23,2)27(36-28(37)32-15-14-31-17-32)25(26(22)29)18-4-7-21(35-3)8-5-18/h4-5,7-8,14-17,22-23,25-27H,6,9-13H2,1-3H3/t22-,23-,25+,26+,27-,29-,30-/m0/s1. The minimum Gasteiger partial charge on any atom is -0.497 e. The molecule has 4 aliphatic carbocycles. The molecule has 0 saturated heterocycles. The number of hydrogen-bond donors (Lipinski definition) is 0. The molecule has 4 aliphatic rings. The van der Waals surface area contributed by atoms with Gasteiger partial charge in [0.25, 0.3) is 5.17 Å². The SMILES string of the molecule is COc1ccc([C@@H]2[C@H]3[C@@H](CCC4=CC(=O)CC[C@@]43C)[C@@H]3CCC(=O)[C@@]3(C)[C@H]2OC(=S)n2ccnc2)cc1. The third kappa shape index (κ3) is 3.64. The molecule has 3 saturated carbocycles. The first-order valence-corrected chi connectivity index (χ1v) is 13.8. The van der Waals surface area contributed by atoms with Crippen molar-refractivity contribution in [3.8, 4) is 5.75 Å². The van der Waals surface area contributed by atoms with Gasteiger partial charge in [0.15, 0.2) is 5.78 Å². The van der Waals surface area contributed by atoms with Gasteiger partial charge in [0.05, 0.1) is 12.5 Å². The van der Waals surface area contributed by atoms with Crippen LogP contribution in [0, 0.1) is 28.6 Å². The van der Waals surface area contributed by atoms with Crippen molar-refractivity contribution in [1.82, 2.24) is 9.55 Å².